The average Bonchev–Trinajstić information content (AvgIpc) is 2.55. The van der Waals surface area contributed by atoms with E-state index in [9.17, 15) is 9.59 Å². The van der Waals surface area contributed by atoms with Crippen molar-refractivity contribution in [1.29, 1.82) is 0 Å². The Labute approximate surface area is 148 Å². The molecule has 0 unspecified atom stereocenters. The SMILES string of the molecule is CC[C@]1(c2ccc(-[n+]3c(C)cc(C)cc3C)cc2)CCC(=O)NC1=O. The molecule has 1 N–H and O–H groups in total. The Morgan fingerprint density at radius 2 is 1.64 bits per heavy atom. The number of amides is 2. The van der Waals surface area contributed by atoms with E-state index in [1.165, 1.54) is 17.0 Å². The predicted molar refractivity (Wildman–Crippen MR) is 96.5 cm³/mol. The Balaban J connectivity index is 2.00. The zero-order valence-corrected chi connectivity index (χ0v) is 15.3. The Hall–Kier alpha value is -2.49. The molecule has 0 saturated carbocycles. The van der Waals surface area contributed by atoms with E-state index in [-0.39, 0.29) is 11.8 Å². The standard InChI is InChI=1S/C21H24N2O2/c1-5-21(11-10-19(24)22-20(21)25)17-6-8-18(9-7-17)23-15(3)12-14(2)13-16(23)4/h6-9,12-13H,5,10-11H2,1-4H3/p+1/t21-/m1/s1. The van der Waals surface area contributed by atoms with Crippen molar-refractivity contribution in [3.8, 4) is 5.69 Å². The van der Waals surface area contributed by atoms with E-state index in [1.54, 1.807) is 0 Å². The van der Waals surface area contributed by atoms with Crippen molar-refractivity contribution in [3.05, 3.63) is 58.9 Å². The maximum Gasteiger partial charge on any atom is 0.237 e. The average molecular weight is 337 g/mol. The Kier molecular flexibility index (Phi) is 4.46. The highest BCUT2D eigenvalue weighted by molar-refractivity contribution is 6.03. The van der Waals surface area contributed by atoms with Crippen molar-refractivity contribution < 1.29 is 14.2 Å². The zero-order valence-electron chi connectivity index (χ0n) is 15.3. The maximum absolute atomic E-state index is 12.5. The molecular formula is C21H25N2O2+. The quantitative estimate of drug-likeness (QED) is 0.691. The Bertz CT molecular complexity index is 816. The third-order valence-electron chi connectivity index (χ3n) is 5.33. The van der Waals surface area contributed by atoms with E-state index in [4.69, 9.17) is 0 Å². The molecule has 1 aliphatic rings. The summed E-state index contributed by atoms with van der Waals surface area (Å²) in [4.78, 5) is 24.0. The number of imide groups is 1. The lowest BCUT2D eigenvalue weighted by molar-refractivity contribution is -0.609. The first kappa shape index (κ1) is 17.3. The van der Waals surface area contributed by atoms with Crippen LogP contribution >= 0.6 is 0 Å². The minimum atomic E-state index is -0.603. The van der Waals surface area contributed by atoms with Gasteiger partial charge >= 0.3 is 0 Å². The summed E-state index contributed by atoms with van der Waals surface area (Å²) in [5.74, 6) is -0.346. The minimum absolute atomic E-state index is 0.172. The summed E-state index contributed by atoms with van der Waals surface area (Å²) in [5.41, 5.74) is 5.06. The van der Waals surface area contributed by atoms with Gasteiger partial charge in [0.15, 0.2) is 11.4 Å². The Morgan fingerprint density at radius 1 is 1.04 bits per heavy atom. The van der Waals surface area contributed by atoms with Gasteiger partial charge in [0, 0.05) is 44.5 Å². The molecule has 2 amide bonds. The van der Waals surface area contributed by atoms with Gasteiger partial charge in [-0.25, -0.2) is 0 Å². The van der Waals surface area contributed by atoms with Crippen molar-refractivity contribution in [2.24, 2.45) is 0 Å². The molecule has 2 aromatic rings. The summed E-state index contributed by atoms with van der Waals surface area (Å²) in [5, 5.41) is 2.51. The number of rotatable bonds is 3. The molecule has 0 radical (unpaired) electrons. The number of hydrogen-bond donors (Lipinski definition) is 1. The Morgan fingerprint density at radius 3 is 2.16 bits per heavy atom. The van der Waals surface area contributed by atoms with Crippen LogP contribution in [0.15, 0.2) is 36.4 Å². The van der Waals surface area contributed by atoms with Gasteiger partial charge in [0.05, 0.1) is 5.41 Å². The number of aromatic nitrogens is 1. The zero-order chi connectivity index (χ0) is 18.2. The molecule has 1 aliphatic heterocycles. The molecule has 1 saturated heterocycles. The molecule has 1 aromatic carbocycles. The second-order valence-electron chi connectivity index (χ2n) is 7.01. The molecule has 3 rings (SSSR count). The van der Waals surface area contributed by atoms with Crippen LogP contribution in [0.3, 0.4) is 0 Å². The van der Waals surface area contributed by atoms with E-state index in [0.29, 0.717) is 19.3 Å². The third kappa shape index (κ3) is 2.97. The fourth-order valence-electron chi connectivity index (χ4n) is 4.01. The molecule has 1 atom stereocenters. The molecule has 1 aromatic heterocycles. The molecule has 0 aliphatic carbocycles. The number of nitrogens with zero attached hydrogens (tertiary/aromatic N) is 1. The van der Waals surface area contributed by atoms with Gasteiger partial charge in [0.25, 0.3) is 0 Å². The van der Waals surface area contributed by atoms with Gasteiger partial charge in [-0.05, 0) is 30.9 Å². The van der Waals surface area contributed by atoms with Crippen LogP contribution in [0, 0.1) is 20.8 Å². The normalized spacial score (nSPS) is 20.5. The van der Waals surface area contributed by atoms with Crippen molar-refractivity contribution >= 4 is 11.8 Å². The smallest absolute Gasteiger partial charge is 0.237 e. The summed E-state index contributed by atoms with van der Waals surface area (Å²) in [6.45, 7) is 8.30. The van der Waals surface area contributed by atoms with E-state index < -0.39 is 5.41 Å². The van der Waals surface area contributed by atoms with Gasteiger partial charge in [0.1, 0.15) is 0 Å². The van der Waals surface area contributed by atoms with E-state index in [2.05, 4.69) is 54.9 Å². The number of hydrogen-bond acceptors (Lipinski definition) is 2. The van der Waals surface area contributed by atoms with E-state index >= 15 is 0 Å². The van der Waals surface area contributed by atoms with Crippen LogP contribution in [0.2, 0.25) is 0 Å². The highest BCUT2D eigenvalue weighted by Crippen LogP contribution is 2.35. The number of benzene rings is 1. The lowest BCUT2D eigenvalue weighted by Crippen LogP contribution is -2.51. The fraction of sp³-hybridized carbons (Fsp3) is 0.381. The molecular weight excluding hydrogens is 312 g/mol. The topological polar surface area (TPSA) is 50.0 Å². The fourth-order valence-corrected chi connectivity index (χ4v) is 4.01. The van der Waals surface area contributed by atoms with Crippen LogP contribution in [0.25, 0.3) is 5.69 Å². The number of pyridine rings is 1. The number of carbonyl (C=O) groups is 2. The van der Waals surface area contributed by atoms with E-state index in [0.717, 1.165) is 11.3 Å². The van der Waals surface area contributed by atoms with Gasteiger partial charge in [0.2, 0.25) is 17.5 Å². The lowest BCUT2D eigenvalue weighted by atomic mass is 9.72. The summed E-state index contributed by atoms with van der Waals surface area (Å²) < 4.78 is 2.21. The highest BCUT2D eigenvalue weighted by atomic mass is 16.2. The van der Waals surface area contributed by atoms with Crippen LogP contribution < -0.4 is 9.88 Å². The molecule has 25 heavy (non-hydrogen) atoms. The molecule has 0 spiro atoms. The van der Waals surface area contributed by atoms with Crippen molar-refractivity contribution in [2.45, 2.75) is 52.4 Å². The number of nitrogens with one attached hydrogen (secondary N) is 1. The summed E-state index contributed by atoms with van der Waals surface area (Å²) in [7, 11) is 0. The highest BCUT2D eigenvalue weighted by Gasteiger charge is 2.42. The summed E-state index contributed by atoms with van der Waals surface area (Å²) >= 11 is 0. The van der Waals surface area contributed by atoms with Crippen LogP contribution in [0.5, 0.6) is 0 Å². The molecule has 0 bridgehead atoms. The first-order valence-corrected chi connectivity index (χ1v) is 8.82. The maximum atomic E-state index is 12.5. The van der Waals surface area contributed by atoms with Crippen molar-refractivity contribution in [2.75, 3.05) is 0 Å². The lowest BCUT2D eigenvalue weighted by Gasteiger charge is -2.34. The monoisotopic (exact) mass is 337 g/mol. The van der Waals surface area contributed by atoms with Gasteiger partial charge in [-0.3, -0.25) is 14.9 Å². The van der Waals surface area contributed by atoms with Gasteiger partial charge < -0.3 is 0 Å². The summed E-state index contributed by atoms with van der Waals surface area (Å²) in [6.07, 6.45) is 1.65. The number of carbonyl (C=O) groups excluding carboxylic acids is 2. The van der Waals surface area contributed by atoms with Crippen LogP contribution in [-0.2, 0) is 15.0 Å². The second-order valence-corrected chi connectivity index (χ2v) is 7.01. The number of aryl methyl sites for hydroxylation is 3. The molecule has 4 nitrogen and oxygen atoms in total. The van der Waals surface area contributed by atoms with Gasteiger partial charge in [-0.15, -0.1) is 0 Å². The van der Waals surface area contributed by atoms with Gasteiger partial charge in [-0.1, -0.05) is 19.1 Å². The largest absolute Gasteiger partial charge is 0.296 e. The van der Waals surface area contributed by atoms with Crippen molar-refractivity contribution in [1.82, 2.24) is 5.32 Å². The third-order valence-corrected chi connectivity index (χ3v) is 5.33. The first-order chi connectivity index (χ1) is 11.9. The first-order valence-electron chi connectivity index (χ1n) is 8.82. The van der Waals surface area contributed by atoms with Crippen LogP contribution in [-0.4, -0.2) is 11.8 Å². The summed E-state index contributed by atoms with van der Waals surface area (Å²) in [6, 6.07) is 12.5. The van der Waals surface area contributed by atoms with E-state index in [1.807, 2.05) is 19.1 Å². The molecule has 4 heteroatoms. The predicted octanol–water partition coefficient (Wildman–Crippen LogP) is 2.97. The van der Waals surface area contributed by atoms with Crippen molar-refractivity contribution in [3.63, 3.8) is 0 Å². The van der Waals surface area contributed by atoms with Crippen LogP contribution in [0.4, 0.5) is 0 Å². The molecule has 2 heterocycles. The molecule has 130 valence electrons. The van der Waals surface area contributed by atoms with Gasteiger partial charge in [-0.2, -0.15) is 4.57 Å². The molecule has 1 fully saturated rings. The van der Waals surface area contributed by atoms with Crippen LogP contribution in [0.1, 0.15) is 48.7 Å². The minimum Gasteiger partial charge on any atom is -0.296 e. The number of piperidine rings is 1. The second kappa shape index (κ2) is 6.43.